The van der Waals surface area contributed by atoms with Crippen LogP contribution in [-0.4, -0.2) is 16.8 Å². The first-order valence-electron chi connectivity index (χ1n) is 6.88. The van der Waals surface area contributed by atoms with E-state index in [4.69, 9.17) is 5.73 Å². The van der Waals surface area contributed by atoms with Crippen LogP contribution in [0.15, 0.2) is 36.7 Å². The number of ketones is 1. The average Bonchev–Trinajstić information content (AvgIpc) is 2.47. The summed E-state index contributed by atoms with van der Waals surface area (Å²) in [5.74, 6) is 0.351. The van der Waals surface area contributed by atoms with Gasteiger partial charge >= 0.3 is 0 Å². The molecule has 0 aliphatic heterocycles. The van der Waals surface area contributed by atoms with Crippen LogP contribution in [0.5, 0.6) is 0 Å². The lowest BCUT2D eigenvalue weighted by atomic mass is 9.81. The highest BCUT2D eigenvalue weighted by molar-refractivity contribution is 6.08. The molecule has 0 saturated heterocycles. The van der Waals surface area contributed by atoms with E-state index in [1.165, 1.54) is 0 Å². The first kappa shape index (κ1) is 12.3. The predicted octanol–water partition coefficient (Wildman–Crippen LogP) is 2.94. The van der Waals surface area contributed by atoms with Gasteiger partial charge in [0.25, 0.3) is 0 Å². The summed E-state index contributed by atoms with van der Waals surface area (Å²) in [7, 11) is 0. The number of carbonyl (C=O) groups is 1. The molecule has 2 N–H and O–H groups in total. The van der Waals surface area contributed by atoms with Gasteiger partial charge in [0.05, 0.1) is 0 Å². The molecule has 3 rings (SSSR count). The van der Waals surface area contributed by atoms with E-state index in [0.29, 0.717) is 0 Å². The second-order valence-corrected chi connectivity index (χ2v) is 5.38. The normalized spacial score (nSPS) is 23.4. The first-order chi connectivity index (χ1) is 9.25. The van der Waals surface area contributed by atoms with E-state index in [1.54, 1.807) is 6.20 Å². The van der Waals surface area contributed by atoms with Crippen molar-refractivity contribution in [1.82, 2.24) is 4.98 Å². The topological polar surface area (TPSA) is 56.0 Å². The minimum atomic E-state index is 0.118. The van der Waals surface area contributed by atoms with E-state index in [9.17, 15) is 4.79 Å². The molecule has 1 fully saturated rings. The van der Waals surface area contributed by atoms with Crippen molar-refractivity contribution in [3.05, 3.63) is 42.2 Å². The van der Waals surface area contributed by atoms with Gasteiger partial charge in [0, 0.05) is 35.3 Å². The number of hydrogen-bond donors (Lipinski definition) is 1. The number of carbonyl (C=O) groups excluding carboxylic acids is 1. The van der Waals surface area contributed by atoms with Crippen LogP contribution in [0, 0.1) is 5.92 Å². The number of aromatic nitrogens is 1. The van der Waals surface area contributed by atoms with Gasteiger partial charge in [-0.15, -0.1) is 0 Å². The molecule has 0 unspecified atom stereocenters. The van der Waals surface area contributed by atoms with E-state index < -0.39 is 0 Å². The van der Waals surface area contributed by atoms with Gasteiger partial charge in [-0.2, -0.15) is 0 Å². The largest absolute Gasteiger partial charge is 0.328 e. The van der Waals surface area contributed by atoms with Crippen LogP contribution in [0.3, 0.4) is 0 Å². The smallest absolute Gasteiger partial charge is 0.168 e. The summed E-state index contributed by atoms with van der Waals surface area (Å²) >= 11 is 0. The minimum Gasteiger partial charge on any atom is -0.328 e. The highest BCUT2D eigenvalue weighted by Gasteiger charge is 2.26. The van der Waals surface area contributed by atoms with Gasteiger partial charge in [-0.05, 0) is 31.1 Å². The molecule has 2 aromatic rings. The lowest BCUT2D eigenvalue weighted by Crippen LogP contribution is -2.30. The van der Waals surface area contributed by atoms with Crippen LogP contribution < -0.4 is 5.73 Å². The summed E-state index contributed by atoms with van der Waals surface area (Å²) in [5, 5.41) is 2.04. The van der Waals surface area contributed by atoms with Gasteiger partial charge in [0.15, 0.2) is 5.78 Å². The van der Waals surface area contributed by atoms with E-state index >= 15 is 0 Å². The van der Waals surface area contributed by atoms with E-state index in [-0.39, 0.29) is 17.7 Å². The molecule has 0 radical (unpaired) electrons. The summed E-state index contributed by atoms with van der Waals surface area (Å²) in [6.07, 6.45) is 7.23. The summed E-state index contributed by atoms with van der Waals surface area (Å²) in [5.41, 5.74) is 6.67. The van der Waals surface area contributed by atoms with E-state index in [0.717, 1.165) is 42.0 Å². The van der Waals surface area contributed by atoms with Crippen LogP contribution in [-0.2, 0) is 0 Å². The number of pyridine rings is 1. The summed E-state index contributed by atoms with van der Waals surface area (Å²) in [6, 6.07) is 8.21. The molecule has 1 saturated carbocycles. The molecule has 0 bridgehead atoms. The maximum atomic E-state index is 12.6. The third kappa shape index (κ3) is 2.38. The Morgan fingerprint density at radius 2 is 1.84 bits per heavy atom. The molecule has 3 heteroatoms. The zero-order valence-electron chi connectivity index (χ0n) is 10.9. The Balaban J connectivity index is 1.93. The Hall–Kier alpha value is -1.74. The van der Waals surface area contributed by atoms with Crippen molar-refractivity contribution >= 4 is 16.6 Å². The molecule has 0 amide bonds. The van der Waals surface area contributed by atoms with Crippen molar-refractivity contribution in [2.75, 3.05) is 0 Å². The molecule has 1 aromatic heterocycles. The molecule has 98 valence electrons. The van der Waals surface area contributed by atoms with Gasteiger partial charge in [-0.1, -0.05) is 24.3 Å². The molecule has 0 spiro atoms. The molecule has 1 aliphatic rings. The molecule has 0 atom stereocenters. The van der Waals surface area contributed by atoms with Crippen molar-refractivity contribution in [2.24, 2.45) is 11.7 Å². The number of Topliss-reactive ketones (excluding diaryl/α,β-unsaturated/α-hetero) is 1. The summed E-state index contributed by atoms with van der Waals surface area (Å²) in [6.45, 7) is 0. The molecule has 3 nitrogen and oxygen atoms in total. The minimum absolute atomic E-state index is 0.118. The lowest BCUT2D eigenvalue weighted by molar-refractivity contribution is 0.0886. The number of rotatable bonds is 2. The van der Waals surface area contributed by atoms with Gasteiger partial charge in [-0.25, -0.2) is 0 Å². The Morgan fingerprint density at radius 1 is 1.11 bits per heavy atom. The van der Waals surface area contributed by atoms with Crippen molar-refractivity contribution in [3.8, 4) is 0 Å². The predicted molar refractivity (Wildman–Crippen MR) is 76.0 cm³/mol. The molecular weight excluding hydrogens is 236 g/mol. The quantitative estimate of drug-likeness (QED) is 0.838. The van der Waals surface area contributed by atoms with Crippen LogP contribution >= 0.6 is 0 Å². The summed E-state index contributed by atoms with van der Waals surface area (Å²) in [4.78, 5) is 16.8. The SMILES string of the molecule is NC1CCC(C(=O)c2cncc3ccccc23)CC1. The van der Waals surface area contributed by atoms with Crippen molar-refractivity contribution in [2.45, 2.75) is 31.7 Å². The number of nitrogens with two attached hydrogens (primary N) is 1. The monoisotopic (exact) mass is 254 g/mol. The van der Waals surface area contributed by atoms with Crippen LogP contribution in [0.25, 0.3) is 10.8 Å². The lowest BCUT2D eigenvalue weighted by Gasteiger charge is -2.25. The Morgan fingerprint density at radius 3 is 2.63 bits per heavy atom. The van der Waals surface area contributed by atoms with Crippen molar-refractivity contribution in [3.63, 3.8) is 0 Å². The zero-order chi connectivity index (χ0) is 13.2. The van der Waals surface area contributed by atoms with Gasteiger partial charge in [0.1, 0.15) is 0 Å². The number of fused-ring (bicyclic) bond motifs is 1. The fourth-order valence-electron chi connectivity index (χ4n) is 2.91. The van der Waals surface area contributed by atoms with Gasteiger partial charge in [-0.3, -0.25) is 9.78 Å². The Kier molecular flexibility index (Phi) is 3.30. The zero-order valence-corrected chi connectivity index (χ0v) is 10.9. The second kappa shape index (κ2) is 5.10. The van der Waals surface area contributed by atoms with E-state index in [2.05, 4.69) is 4.98 Å². The Labute approximate surface area is 112 Å². The van der Waals surface area contributed by atoms with Crippen LogP contribution in [0.1, 0.15) is 36.0 Å². The maximum Gasteiger partial charge on any atom is 0.168 e. The van der Waals surface area contributed by atoms with Crippen molar-refractivity contribution < 1.29 is 4.79 Å². The average molecular weight is 254 g/mol. The molecule has 1 aliphatic carbocycles. The second-order valence-electron chi connectivity index (χ2n) is 5.38. The summed E-state index contributed by atoms with van der Waals surface area (Å²) < 4.78 is 0. The fourth-order valence-corrected chi connectivity index (χ4v) is 2.91. The number of hydrogen-bond acceptors (Lipinski definition) is 3. The van der Waals surface area contributed by atoms with E-state index in [1.807, 2.05) is 30.5 Å². The number of benzene rings is 1. The fraction of sp³-hybridized carbons (Fsp3) is 0.375. The number of nitrogens with zero attached hydrogens (tertiary/aromatic N) is 1. The van der Waals surface area contributed by atoms with Gasteiger partial charge in [0.2, 0.25) is 0 Å². The standard InChI is InChI=1S/C16H18N2O/c17-13-7-5-11(6-8-13)16(19)15-10-18-9-12-3-1-2-4-14(12)15/h1-4,9-11,13H,5-8,17H2. The van der Waals surface area contributed by atoms with Crippen LogP contribution in [0.4, 0.5) is 0 Å². The third-order valence-corrected chi connectivity index (χ3v) is 4.08. The molecular formula is C16H18N2O. The molecule has 1 aromatic carbocycles. The third-order valence-electron chi connectivity index (χ3n) is 4.08. The molecule has 19 heavy (non-hydrogen) atoms. The highest BCUT2D eigenvalue weighted by atomic mass is 16.1. The van der Waals surface area contributed by atoms with Gasteiger partial charge < -0.3 is 5.73 Å². The molecule has 1 heterocycles. The van der Waals surface area contributed by atoms with Crippen LogP contribution in [0.2, 0.25) is 0 Å². The first-order valence-corrected chi connectivity index (χ1v) is 6.88. The Bertz CT molecular complexity index is 595. The highest BCUT2D eigenvalue weighted by Crippen LogP contribution is 2.28. The van der Waals surface area contributed by atoms with Crippen molar-refractivity contribution in [1.29, 1.82) is 0 Å². The maximum absolute atomic E-state index is 12.6.